The zero-order valence-electron chi connectivity index (χ0n) is 10.6. The number of nitrogens with one attached hydrogen (secondary N) is 1. The van der Waals surface area contributed by atoms with Crippen LogP contribution in [0.4, 0.5) is 11.4 Å². The zero-order chi connectivity index (χ0) is 14.8. The van der Waals surface area contributed by atoms with Crippen LogP contribution in [0.15, 0.2) is 23.1 Å². The van der Waals surface area contributed by atoms with Crippen molar-refractivity contribution in [2.45, 2.75) is 23.8 Å². The molecule has 0 saturated carbocycles. The van der Waals surface area contributed by atoms with Crippen molar-refractivity contribution in [1.82, 2.24) is 4.72 Å². The molecule has 1 aromatic carbocycles. The Morgan fingerprint density at radius 1 is 1.45 bits per heavy atom. The van der Waals surface area contributed by atoms with E-state index >= 15 is 0 Å². The van der Waals surface area contributed by atoms with E-state index in [4.69, 9.17) is 10.5 Å². The second kappa shape index (κ2) is 5.73. The number of anilines is 1. The van der Waals surface area contributed by atoms with Crippen LogP contribution in [-0.4, -0.2) is 32.6 Å². The molecule has 9 heteroatoms. The Bertz CT molecular complexity index is 610. The van der Waals surface area contributed by atoms with E-state index in [0.717, 1.165) is 12.5 Å². The molecule has 1 aromatic rings. The molecule has 1 aliphatic rings. The molecular weight excluding hydrogens is 286 g/mol. The lowest BCUT2D eigenvalue weighted by Gasteiger charge is -2.22. The number of nitrogen functional groups attached to an aromatic ring is 1. The molecule has 0 aliphatic carbocycles. The quantitative estimate of drug-likeness (QED) is 0.477. The minimum Gasteiger partial charge on any atom is -0.393 e. The van der Waals surface area contributed by atoms with Crippen LogP contribution in [0.1, 0.15) is 12.8 Å². The van der Waals surface area contributed by atoms with Crippen LogP contribution in [0, 0.1) is 10.1 Å². The summed E-state index contributed by atoms with van der Waals surface area (Å²) in [5.74, 6) is 0. The van der Waals surface area contributed by atoms with Gasteiger partial charge in [-0.05, 0) is 25.0 Å². The highest BCUT2D eigenvalue weighted by molar-refractivity contribution is 7.89. The number of rotatable bonds is 4. The molecule has 8 nitrogen and oxygen atoms in total. The molecule has 1 aliphatic heterocycles. The maximum absolute atomic E-state index is 12.2. The van der Waals surface area contributed by atoms with Gasteiger partial charge in [0.05, 0.1) is 16.4 Å². The average Bonchev–Trinajstić information content (AvgIpc) is 2.39. The van der Waals surface area contributed by atoms with Gasteiger partial charge in [-0.25, -0.2) is 13.1 Å². The molecule has 1 fully saturated rings. The van der Waals surface area contributed by atoms with E-state index in [9.17, 15) is 18.5 Å². The molecule has 0 amide bonds. The van der Waals surface area contributed by atoms with Crippen LogP contribution in [0.2, 0.25) is 0 Å². The normalized spacial score (nSPS) is 19.7. The molecule has 1 heterocycles. The fraction of sp³-hybridized carbons (Fsp3) is 0.455. The van der Waals surface area contributed by atoms with E-state index in [2.05, 4.69) is 4.72 Å². The predicted molar refractivity (Wildman–Crippen MR) is 71.7 cm³/mol. The van der Waals surface area contributed by atoms with Gasteiger partial charge < -0.3 is 10.5 Å². The van der Waals surface area contributed by atoms with E-state index < -0.39 is 20.6 Å². The first-order valence-electron chi connectivity index (χ1n) is 6.04. The topological polar surface area (TPSA) is 125 Å². The Morgan fingerprint density at radius 2 is 2.20 bits per heavy atom. The van der Waals surface area contributed by atoms with Crippen LogP contribution in [0.5, 0.6) is 0 Å². The summed E-state index contributed by atoms with van der Waals surface area (Å²) in [5, 5.41) is 10.8. The molecule has 1 atom stereocenters. The number of nitrogens with zero attached hydrogens (tertiary/aromatic N) is 1. The number of benzene rings is 1. The van der Waals surface area contributed by atoms with Gasteiger partial charge in [0.25, 0.3) is 5.69 Å². The fourth-order valence-corrected chi connectivity index (χ4v) is 3.24. The lowest BCUT2D eigenvalue weighted by atomic mass is 10.1. The molecule has 3 N–H and O–H groups in total. The second-order valence-corrected chi connectivity index (χ2v) is 6.23. The number of nitro benzene ring substituents is 1. The molecule has 0 radical (unpaired) electrons. The highest BCUT2D eigenvalue weighted by Gasteiger charge is 2.24. The third kappa shape index (κ3) is 3.24. The summed E-state index contributed by atoms with van der Waals surface area (Å²) in [6.45, 7) is 0.919. The number of hydrogen-bond acceptors (Lipinski definition) is 6. The first-order valence-corrected chi connectivity index (χ1v) is 7.52. The van der Waals surface area contributed by atoms with Gasteiger partial charge >= 0.3 is 0 Å². The standard InChI is InChI=1S/C11H15N3O5S/c12-10-4-3-9(6-11(10)14(15)16)20(17,18)13-8-2-1-5-19-7-8/h3-4,6,8,13H,1-2,5,7,12H2. The zero-order valence-corrected chi connectivity index (χ0v) is 11.4. The summed E-state index contributed by atoms with van der Waals surface area (Å²) in [5.41, 5.74) is 4.94. The van der Waals surface area contributed by atoms with Crippen molar-refractivity contribution in [1.29, 1.82) is 0 Å². The van der Waals surface area contributed by atoms with Crippen molar-refractivity contribution in [3.8, 4) is 0 Å². The number of sulfonamides is 1. The minimum absolute atomic E-state index is 0.0741. The number of ether oxygens (including phenoxy) is 1. The molecule has 0 aromatic heterocycles. The third-order valence-electron chi connectivity index (χ3n) is 2.99. The molecule has 1 unspecified atom stereocenters. The summed E-state index contributed by atoms with van der Waals surface area (Å²) < 4.78 is 32.0. The molecule has 0 spiro atoms. The summed E-state index contributed by atoms with van der Waals surface area (Å²) in [6.07, 6.45) is 1.45. The molecule has 110 valence electrons. The highest BCUT2D eigenvalue weighted by Crippen LogP contribution is 2.25. The van der Waals surface area contributed by atoms with E-state index in [0.29, 0.717) is 19.6 Å². The van der Waals surface area contributed by atoms with Gasteiger partial charge in [0.15, 0.2) is 0 Å². The lowest BCUT2D eigenvalue weighted by molar-refractivity contribution is -0.384. The number of hydrogen-bond donors (Lipinski definition) is 2. The average molecular weight is 301 g/mol. The summed E-state index contributed by atoms with van der Waals surface area (Å²) >= 11 is 0. The molecular formula is C11H15N3O5S. The van der Waals surface area contributed by atoms with E-state index in [1.165, 1.54) is 12.1 Å². The van der Waals surface area contributed by atoms with Crippen LogP contribution in [0.25, 0.3) is 0 Å². The largest absolute Gasteiger partial charge is 0.393 e. The number of nitrogens with two attached hydrogens (primary N) is 1. The van der Waals surface area contributed by atoms with Crippen molar-refractivity contribution < 1.29 is 18.1 Å². The van der Waals surface area contributed by atoms with Gasteiger partial charge in [-0.3, -0.25) is 10.1 Å². The summed E-state index contributed by atoms with van der Waals surface area (Å²) in [6, 6.07) is 3.10. The molecule has 2 rings (SSSR count). The summed E-state index contributed by atoms with van der Waals surface area (Å²) in [4.78, 5) is 9.89. The van der Waals surface area contributed by atoms with Crippen molar-refractivity contribution in [3.05, 3.63) is 28.3 Å². The van der Waals surface area contributed by atoms with Crippen molar-refractivity contribution in [2.24, 2.45) is 0 Å². The fourth-order valence-electron chi connectivity index (χ4n) is 1.97. The van der Waals surface area contributed by atoms with Gasteiger partial charge in [0, 0.05) is 18.7 Å². The predicted octanol–water partition coefficient (Wildman–Crippen LogP) is 0.634. The Morgan fingerprint density at radius 3 is 2.80 bits per heavy atom. The van der Waals surface area contributed by atoms with Gasteiger partial charge in [0.2, 0.25) is 10.0 Å². The first kappa shape index (κ1) is 14.7. The van der Waals surface area contributed by atoms with Crippen LogP contribution >= 0.6 is 0 Å². The Kier molecular flexibility index (Phi) is 4.21. The SMILES string of the molecule is Nc1ccc(S(=O)(=O)NC2CCCOC2)cc1[N+](=O)[O-]. The minimum atomic E-state index is -3.82. The van der Waals surface area contributed by atoms with Crippen LogP contribution < -0.4 is 10.5 Å². The van der Waals surface area contributed by atoms with Gasteiger partial charge in [0.1, 0.15) is 5.69 Å². The second-order valence-electron chi connectivity index (χ2n) is 4.51. The summed E-state index contributed by atoms with van der Waals surface area (Å²) in [7, 11) is -3.82. The highest BCUT2D eigenvalue weighted by atomic mass is 32.2. The lowest BCUT2D eigenvalue weighted by Crippen LogP contribution is -2.40. The Hall–Kier alpha value is -1.71. The maximum Gasteiger partial charge on any atom is 0.293 e. The Labute approximate surface area is 116 Å². The van der Waals surface area contributed by atoms with Crippen molar-refractivity contribution in [2.75, 3.05) is 18.9 Å². The van der Waals surface area contributed by atoms with Crippen LogP contribution in [0.3, 0.4) is 0 Å². The Balaban J connectivity index is 2.24. The van der Waals surface area contributed by atoms with Gasteiger partial charge in [-0.15, -0.1) is 0 Å². The van der Waals surface area contributed by atoms with Gasteiger partial charge in [-0.1, -0.05) is 0 Å². The monoisotopic (exact) mass is 301 g/mol. The number of nitro groups is 1. The van der Waals surface area contributed by atoms with Crippen molar-refractivity contribution in [3.63, 3.8) is 0 Å². The molecule has 1 saturated heterocycles. The van der Waals surface area contributed by atoms with E-state index in [1.54, 1.807) is 0 Å². The first-order chi connectivity index (χ1) is 9.40. The van der Waals surface area contributed by atoms with Crippen molar-refractivity contribution >= 4 is 21.4 Å². The molecule has 0 bridgehead atoms. The van der Waals surface area contributed by atoms with Crippen LogP contribution in [-0.2, 0) is 14.8 Å². The van der Waals surface area contributed by atoms with E-state index in [-0.39, 0.29) is 16.6 Å². The third-order valence-corrected chi connectivity index (χ3v) is 4.51. The smallest absolute Gasteiger partial charge is 0.293 e. The maximum atomic E-state index is 12.2. The molecule has 20 heavy (non-hydrogen) atoms. The van der Waals surface area contributed by atoms with E-state index in [1.807, 2.05) is 0 Å². The van der Waals surface area contributed by atoms with Gasteiger partial charge in [-0.2, -0.15) is 0 Å².